The maximum atomic E-state index is 11.1. The Balaban J connectivity index is 2.97. The molecule has 5 heteroatoms. The summed E-state index contributed by atoms with van der Waals surface area (Å²) in [5.41, 5.74) is 7.27. The molecule has 0 aliphatic rings. The fraction of sp³-hybridized carbons (Fsp3) is 0.500. The topological polar surface area (TPSA) is 58.4 Å². The van der Waals surface area contributed by atoms with Gasteiger partial charge in [-0.2, -0.15) is 0 Å². The fourth-order valence-electron chi connectivity index (χ4n) is 1.99. The molecule has 0 atom stereocenters. The van der Waals surface area contributed by atoms with Crippen molar-refractivity contribution in [1.82, 2.24) is 5.32 Å². The first-order chi connectivity index (χ1) is 9.10. The zero-order chi connectivity index (χ0) is 14.3. The van der Waals surface area contributed by atoms with E-state index < -0.39 is 0 Å². The highest BCUT2D eigenvalue weighted by Crippen LogP contribution is 2.29. The van der Waals surface area contributed by atoms with E-state index in [0.717, 1.165) is 30.8 Å². The number of hydrogen-bond acceptors (Lipinski definition) is 3. The van der Waals surface area contributed by atoms with Crippen LogP contribution >= 0.6 is 11.6 Å². The highest BCUT2D eigenvalue weighted by Gasteiger charge is 2.15. The van der Waals surface area contributed by atoms with Gasteiger partial charge in [-0.3, -0.25) is 4.79 Å². The van der Waals surface area contributed by atoms with Gasteiger partial charge in [0.1, 0.15) is 0 Å². The first-order valence-electron chi connectivity index (χ1n) is 6.61. The molecule has 0 aliphatic carbocycles. The van der Waals surface area contributed by atoms with E-state index in [4.69, 9.17) is 17.3 Å². The van der Waals surface area contributed by atoms with Crippen molar-refractivity contribution in [3.05, 3.63) is 28.8 Å². The second-order valence-electron chi connectivity index (χ2n) is 4.40. The number of nitrogens with one attached hydrogen (secondary N) is 1. The second kappa shape index (κ2) is 8.02. The van der Waals surface area contributed by atoms with E-state index in [1.165, 1.54) is 0 Å². The van der Waals surface area contributed by atoms with Crippen molar-refractivity contribution in [3.63, 3.8) is 0 Å². The molecule has 0 aromatic heterocycles. The number of hydrogen-bond donors (Lipinski definition) is 2. The predicted octanol–water partition coefficient (Wildman–Crippen LogP) is 2.15. The first-order valence-corrected chi connectivity index (χ1v) is 6.99. The van der Waals surface area contributed by atoms with Crippen molar-refractivity contribution in [2.24, 2.45) is 5.73 Å². The highest BCUT2D eigenvalue weighted by atomic mass is 35.5. The number of carbonyl (C=O) groups is 1. The molecule has 0 spiro atoms. The molecule has 0 radical (unpaired) electrons. The van der Waals surface area contributed by atoms with E-state index in [1.54, 1.807) is 0 Å². The van der Waals surface area contributed by atoms with Crippen LogP contribution in [0.15, 0.2) is 18.2 Å². The van der Waals surface area contributed by atoms with Gasteiger partial charge in [-0.1, -0.05) is 30.7 Å². The summed E-state index contributed by atoms with van der Waals surface area (Å²) in [6.07, 6.45) is 1.08. The number of rotatable bonds is 8. The molecule has 1 rings (SSSR count). The average molecular weight is 284 g/mol. The number of carbonyl (C=O) groups excluding carboxylic acids is 1. The third-order valence-corrected chi connectivity index (χ3v) is 3.16. The lowest BCUT2D eigenvalue weighted by Gasteiger charge is -2.25. The van der Waals surface area contributed by atoms with E-state index in [9.17, 15) is 4.79 Å². The minimum absolute atomic E-state index is 0.182. The fourth-order valence-corrected chi connectivity index (χ4v) is 2.31. The van der Waals surface area contributed by atoms with Gasteiger partial charge in [0, 0.05) is 13.1 Å². The molecular formula is C14H22ClN3O. The summed E-state index contributed by atoms with van der Waals surface area (Å²) in [5, 5.41) is 4.00. The zero-order valence-corrected chi connectivity index (χ0v) is 12.3. The van der Waals surface area contributed by atoms with Crippen LogP contribution in [0.25, 0.3) is 0 Å². The van der Waals surface area contributed by atoms with Crippen LogP contribution in [0.3, 0.4) is 0 Å². The Morgan fingerprint density at radius 3 is 2.74 bits per heavy atom. The van der Waals surface area contributed by atoms with Crippen molar-refractivity contribution < 1.29 is 4.79 Å². The molecule has 0 bridgehead atoms. The Morgan fingerprint density at radius 2 is 2.16 bits per heavy atom. The minimum atomic E-state index is -0.353. The Bertz CT molecular complexity index is 423. The standard InChI is InChI=1S/C14H22ClN3O/c1-3-8-17-9-11-6-5-7-12(15)14(11)18(4-2)10-13(16)19/h5-7,17H,3-4,8-10H2,1-2H3,(H2,16,19). The van der Waals surface area contributed by atoms with Crippen LogP contribution in [-0.2, 0) is 11.3 Å². The Kier molecular flexibility index (Phi) is 6.67. The molecule has 106 valence electrons. The second-order valence-corrected chi connectivity index (χ2v) is 4.81. The molecule has 4 nitrogen and oxygen atoms in total. The van der Waals surface area contributed by atoms with Gasteiger partial charge in [0.15, 0.2) is 0 Å². The lowest BCUT2D eigenvalue weighted by molar-refractivity contribution is -0.116. The van der Waals surface area contributed by atoms with Gasteiger partial charge in [0.25, 0.3) is 0 Å². The predicted molar refractivity (Wildman–Crippen MR) is 80.5 cm³/mol. The van der Waals surface area contributed by atoms with Crippen LogP contribution in [-0.4, -0.2) is 25.5 Å². The van der Waals surface area contributed by atoms with Crippen LogP contribution in [0.5, 0.6) is 0 Å². The number of nitrogens with two attached hydrogens (primary N) is 1. The maximum Gasteiger partial charge on any atom is 0.236 e. The number of anilines is 1. The smallest absolute Gasteiger partial charge is 0.236 e. The summed E-state index contributed by atoms with van der Waals surface area (Å²) < 4.78 is 0. The zero-order valence-electron chi connectivity index (χ0n) is 11.6. The van der Waals surface area contributed by atoms with E-state index in [2.05, 4.69) is 12.2 Å². The third kappa shape index (κ3) is 4.73. The molecule has 0 saturated carbocycles. The van der Waals surface area contributed by atoms with Crippen molar-refractivity contribution in [1.29, 1.82) is 0 Å². The summed E-state index contributed by atoms with van der Waals surface area (Å²) in [6, 6.07) is 5.78. The van der Waals surface area contributed by atoms with Crippen LogP contribution in [0.2, 0.25) is 5.02 Å². The van der Waals surface area contributed by atoms with Crippen LogP contribution in [0, 0.1) is 0 Å². The van der Waals surface area contributed by atoms with Gasteiger partial charge < -0.3 is 16.0 Å². The van der Waals surface area contributed by atoms with Crippen LogP contribution < -0.4 is 16.0 Å². The Hall–Kier alpha value is -1.26. The maximum absolute atomic E-state index is 11.1. The largest absolute Gasteiger partial charge is 0.368 e. The number of amides is 1. The summed E-state index contributed by atoms with van der Waals surface area (Å²) in [6.45, 7) is 6.66. The van der Waals surface area contributed by atoms with Gasteiger partial charge in [-0.25, -0.2) is 0 Å². The molecule has 19 heavy (non-hydrogen) atoms. The van der Waals surface area contributed by atoms with Crippen molar-refractivity contribution in [2.45, 2.75) is 26.8 Å². The number of likely N-dealkylation sites (N-methyl/N-ethyl adjacent to an activating group) is 1. The Labute approximate surface area is 119 Å². The average Bonchev–Trinajstić information content (AvgIpc) is 2.37. The van der Waals surface area contributed by atoms with Crippen molar-refractivity contribution >= 4 is 23.2 Å². The molecule has 1 amide bonds. The van der Waals surface area contributed by atoms with Crippen molar-refractivity contribution in [3.8, 4) is 0 Å². The van der Waals surface area contributed by atoms with E-state index >= 15 is 0 Å². The number of halogens is 1. The summed E-state index contributed by atoms with van der Waals surface area (Å²) in [4.78, 5) is 13.1. The molecular weight excluding hydrogens is 262 g/mol. The number of nitrogens with zero attached hydrogens (tertiary/aromatic N) is 1. The monoisotopic (exact) mass is 283 g/mol. The number of primary amides is 1. The number of para-hydroxylation sites is 1. The molecule has 0 aliphatic heterocycles. The number of benzene rings is 1. The van der Waals surface area contributed by atoms with E-state index in [0.29, 0.717) is 11.6 Å². The molecule has 0 heterocycles. The summed E-state index contributed by atoms with van der Waals surface area (Å²) >= 11 is 6.28. The molecule has 3 N–H and O–H groups in total. The first kappa shape index (κ1) is 15.8. The van der Waals surface area contributed by atoms with E-state index in [1.807, 2.05) is 30.0 Å². The summed E-state index contributed by atoms with van der Waals surface area (Å²) in [7, 11) is 0. The van der Waals surface area contributed by atoms with Gasteiger partial charge >= 0.3 is 0 Å². The van der Waals surface area contributed by atoms with Crippen molar-refractivity contribution in [2.75, 3.05) is 24.5 Å². The molecule has 0 unspecified atom stereocenters. The van der Waals surface area contributed by atoms with E-state index in [-0.39, 0.29) is 12.5 Å². The SMILES string of the molecule is CCCNCc1cccc(Cl)c1N(CC)CC(N)=O. The summed E-state index contributed by atoms with van der Waals surface area (Å²) in [5.74, 6) is -0.353. The van der Waals surface area contributed by atoms with Crippen LogP contribution in [0.4, 0.5) is 5.69 Å². The molecule has 1 aromatic rings. The van der Waals surface area contributed by atoms with Gasteiger partial charge in [-0.15, -0.1) is 0 Å². The normalized spacial score (nSPS) is 10.5. The highest BCUT2D eigenvalue weighted by molar-refractivity contribution is 6.33. The van der Waals surface area contributed by atoms with Gasteiger partial charge in [0.05, 0.1) is 17.3 Å². The third-order valence-electron chi connectivity index (χ3n) is 2.86. The molecule has 0 fully saturated rings. The van der Waals surface area contributed by atoms with Gasteiger partial charge in [-0.05, 0) is 31.5 Å². The molecule has 1 aromatic carbocycles. The Morgan fingerprint density at radius 1 is 1.42 bits per heavy atom. The minimum Gasteiger partial charge on any atom is -0.368 e. The van der Waals surface area contributed by atoms with Crippen LogP contribution in [0.1, 0.15) is 25.8 Å². The quantitative estimate of drug-likeness (QED) is 0.719. The van der Waals surface area contributed by atoms with Gasteiger partial charge in [0.2, 0.25) is 5.91 Å². The lowest BCUT2D eigenvalue weighted by atomic mass is 10.1. The molecule has 0 saturated heterocycles. The lowest BCUT2D eigenvalue weighted by Crippen LogP contribution is -2.34.